The van der Waals surface area contributed by atoms with Crippen LogP contribution in [0.15, 0.2) is 60.3 Å². The van der Waals surface area contributed by atoms with Crippen molar-refractivity contribution in [2.24, 2.45) is 0 Å². The summed E-state index contributed by atoms with van der Waals surface area (Å²) in [4.78, 5) is 52.7. The van der Waals surface area contributed by atoms with E-state index < -0.39 is 11.9 Å². The lowest BCUT2D eigenvalue weighted by atomic mass is 10.0. The number of imide groups is 1. The second-order valence-corrected chi connectivity index (χ2v) is 9.16. The van der Waals surface area contributed by atoms with Gasteiger partial charge in [0.25, 0.3) is 11.8 Å². The summed E-state index contributed by atoms with van der Waals surface area (Å²) in [5, 5.41) is 10.5. The van der Waals surface area contributed by atoms with Crippen molar-refractivity contribution in [2.45, 2.75) is 25.4 Å². The smallest absolute Gasteiger partial charge is 0.276 e. The molecule has 0 bridgehead atoms. The fraction of sp³-hybridized carbons (Fsp3) is 0.231. The van der Waals surface area contributed by atoms with E-state index >= 15 is 0 Å². The normalized spacial score (nSPS) is 19.2. The summed E-state index contributed by atoms with van der Waals surface area (Å²) in [5.41, 5.74) is 4.45. The number of hydrogen-bond acceptors (Lipinski definition) is 6. The third kappa shape index (κ3) is 3.86. The van der Waals surface area contributed by atoms with Gasteiger partial charge >= 0.3 is 0 Å². The van der Waals surface area contributed by atoms with E-state index in [1.807, 2.05) is 36.4 Å². The number of nitrogens with zero attached hydrogens (tertiary/aromatic N) is 5. The molecule has 2 fully saturated rings. The number of piperidine rings is 1. The minimum absolute atomic E-state index is 0.188. The lowest BCUT2D eigenvalue weighted by Gasteiger charge is -2.33. The van der Waals surface area contributed by atoms with Gasteiger partial charge in [-0.1, -0.05) is 41.6 Å². The SMILES string of the molecule is O=C1CCC(N2Cc3cc(-n4cc(C(=O)N5CC(=Cc6ccccc6)C5)nn4)ccc3C2=O)C(=O)N1. The quantitative estimate of drug-likeness (QED) is 0.564. The highest BCUT2D eigenvalue weighted by Gasteiger charge is 2.39. The Morgan fingerprint density at radius 2 is 1.83 bits per heavy atom. The molecule has 0 radical (unpaired) electrons. The van der Waals surface area contributed by atoms with Crippen molar-refractivity contribution in [3.05, 3.63) is 82.7 Å². The molecule has 2 saturated heterocycles. The van der Waals surface area contributed by atoms with Gasteiger partial charge in [0.05, 0.1) is 11.9 Å². The van der Waals surface area contributed by atoms with Crippen molar-refractivity contribution in [3.8, 4) is 5.69 Å². The maximum Gasteiger partial charge on any atom is 0.276 e. The van der Waals surface area contributed by atoms with Crippen molar-refractivity contribution >= 4 is 29.7 Å². The zero-order chi connectivity index (χ0) is 24.8. The summed E-state index contributed by atoms with van der Waals surface area (Å²) >= 11 is 0. The molecular formula is C26H22N6O4. The minimum atomic E-state index is -0.668. The first-order valence-corrected chi connectivity index (χ1v) is 11.7. The van der Waals surface area contributed by atoms with E-state index in [0.717, 1.165) is 11.1 Å². The summed E-state index contributed by atoms with van der Waals surface area (Å²) in [6, 6.07) is 14.5. The molecule has 1 unspecified atom stereocenters. The molecule has 180 valence electrons. The van der Waals surface area contributed by atoms with Gasteiger partial charge in [-0.15, -0.1) is 5.10 Å². The van der Waals surface area contributed by atoms with Crippen LogP contribution in [0.25, 0.3) is 11.8 Å². The van der Waals surface area contributed by atoms with E-state index in [-0.39, 0.29) is 36.4 Å². The standard InChI is InChI=1S/C26H22N6O4/c33-23-9-8-22(24(34)27-23)31-14-18-11-19(6-7-20(18)25(31)35)32-15-21(28-29-32)26(36)30-12-17(13-30)10-16-4-2-1-3-5-16/h1-7,10-11,15,22H,8-9,12-14H2,(H,27,33,34). The van der Waals surface area contributed by atoms with Crippen LogP contribution in [0.1, 0.15) is 44.8 Å². The predicted molar refractivity (Wildman–Crippen MR) is 128 cm³/mol. The van der Waals surface area contributed by atoms with Crippen LogP contribution in [0.4, 0.5) is 0 Å². The monoisotopic (exact) mass is 482 g/mol. The molecule has 1 atom stereocenters. The first kappa shape index (κ1) is 21.9. The van der Waals surface area contributed by atoms with Gasteiger partial charge in [0.2, 0.25) is 11.8 Å². The first-order valence-electron chi connectivity index (χ1n) is 11.7. The van der Waals surface area contributed by atoms with Crippen LogP contribution in [0.3, 0.4) is 0 Å². The molecule has 3 aliphatic heterocycles. The van der Waals surface area contributed by atoms with Crippen molar-refractivity contribution in [1.29, 1.82) is 0 Å². The number of rotatable bonds is 4. The molecule has 10 heteroatoms. The van der Waals surface area contributed by atoms with Crippen molar-refractivity contribution < 1.29 is 19.2 Å². The highest BCUT2D eigenvalue weighted by atomic mass is 16.2. The number of nitrogens with one attached hydrogen (secondary N) is 1. The Morgan fingerprint density at radius 1 is 1.03 bits per heavy atom. The predicted octanol–water partition coefficient (Wildman–Crippen LogP) is 1.57. The molecule has 3 aliphatic rings. The average molecular weight is 483 g/mol. The fourth-order valence-electron chi connectivity index (χ4n) is 4.82. The van der Waals surface area contributed by atoms with Gasteiger partial charge in [-0.2, -0.15) is 0 Å². The van der Waals surface area contributed by atoms with Crippen molar-refractivity contribution in [3.63, 3.8) is 0 Å². The summed E-state index contributed by atoms with van der Waals surface area (Å²) in [6.45, 7) is 1.37. The van der Waals surface area contributed by atoms with Crippen LogP contribution in [0.5, 0.6) is 0 Å². The molecule has 0 spiro atoms. The maximum absolute atomic E-state index is 12.9. The van der Waals surface area contributed by atoms with Gasteiger partial charge in [0.1, 0.15) is 6.04 Å². The Labute approximate surface area is 206 Å². The largest absolute Gasteiger partial charge is 0.329 e. The Hall–Kier alpha value is -4.60. The summed E-state index contributed by atoms with van der Waals surface area (Å²) in [5.74, 6) is -1.19. The van der Waals surface area contributed by atoms with Crippen LogP contribution in [0, 0.1) is 0 Å². The van der Waals surface area contributed by atoms with Gasteiger partial charge in [0, 0.05) is 31.6 Å². The molecule has 4 amide bonds. The Balaban J connectivity index is 1.14. The van der Waals surface area contributed by atoms with Crippen LogP contribution in [-0.4, -0.2) is 67.6 Å². The molecule has 10 nitrogen and oxygen atoms in total. The first-order chi connectivity index (χ1) is 17.5. The van der Waals surface area contributed by atoms with E-state index in [9.17, 15) is 19.2 Å². The van der Waals surface area contributed by atoms with Gasteiger partial charge < -0.3 is 9.80 Å². The summed E-state index contributed by atoms with van der Waals surface area (Å²) < 4.78 is 1.51. The van der Waals surface area contributed by atoms with Crippen molar-refractivity contribution in [1.82, 2.24) is 30.1 Å². The summed E-state index contributed by atoms with van der Waals surface area (Å²) in [7, 11) is 0. The molecule has 1 aromatic heterocycles. The number of carbonyl (C=O) groups excluding carboxylic acids is 4. The van der Waals surface area contributed by atoms with Gasteiger partial charge in [-0.05, 0) is 41.3 Å². The second-order valence-electron chi connectivity index (χ2n) is 9.16. The molecule has 0 saturated carbocycles. The zero-order valence-corrected chi connectivity index (χ0v) is 19.3. The molecule has 3 aromatic rings. The number of likely N-dealkylation sites (tertiary alicyclic amines) is 1. The zero-order valence-electron chi connectivity index (χ0n) is 19.3. The van der Waals surface area contributed by atoms with Crippen molar-refractivity contribution in [2.75, 3.05) is 13.1 Å². The molecule has 4 heterocycles. The highest BCUT2D eigenvalue weighted by molar-refractivity contribution is 6.05. The lowest BCUT2D eigenvalue weighted by Crippen LogP contribution is -2.52. The van der Waals surface area contributed by atoms with E-state index in [1.165, 1.54) is 15.2 Å². The van der Waals surface area contributed by atoms with Gasteiger partial charge in [-0.25, -0.2) is 4.68 Å². The van der Waals surface area contributed by atoms with E-state index in [1.54, 1.807) is 23.2 Å². The molecule has 36 heavy (non-hydrogen) atoms. The van der Waals surface area contributed by atoms with E-state index in [0.29, 0.717) is 30.8 Å². The van der Waals surface area contributed by atoms with E-state index in [2.05, 4.69) is 21.7 Å². The fourth-order valence-corrected chi connectivity index (χ4v) is 4.82. The molecule has 0 aliphatic carbocycles. The Morgan fingerprint density at radius 3 is 2.61 bits per heavy atom. The van der Waals surface area contributed by atoms with Crippen LogP contribution < -0.4 is 5.32 Å². The maximum atomic E-state index is 12.9. The number of amides is 4. The number of fused-ring (bicyclic) bond motifs is 1. The number of hydrogen-bond donors (Lipinski definition) is 1. The topological polar surface area (TPSA) is 118 Å². The minimum Gasteiger partial charge on any atom is -0.329 e. The van der Waals surface area contributed by atoms with Gasteiger partial charge in [0.15, 0.2) is 5.69 Å². The van der Waals surface area contributed by atoms with Crippen LogP contribution in [-0.2, 0) is 16.1 Å². The Bertz CT molecular complexity index is 1440. The molecule has 6 rings (SSSR count). The average Bonchev–Trinajstić information content (AvgIpc) is 3.47. The molecule has 1 N–H and O–H groups in total. The number of carbonyl (C=O) groups is 4. The molecule has 2 aromatic carbocycles. The lowest BCUT2D eigenvalue weighted by molar-refractivity contribution is -0.136. The highest BCUT2D eigenvalue weighted by Crippen LogP contribution is 2.29. The third-order valence-corrected chi connectivity index (χ3v) is 6.73. The van der Waals surface area contributed by atoms with Crippen LogP contribution in [0.2, 0.25) is 0 Å². The third-order valence-electron chi connectivity index (χ3n) is 6.73. The second kappa shape index (κ2) is 8.56. The Kier molecular flexibility index (Phi) is 5.21. The molecular weight excluding hydrogens is 460 g/mol. The summed E-state index contributed by atoms with van der Waals surface area (Å²) in [6.07, 6.45) is 4.19. The van der Waals surface area contributed by atoms with E-state index in [4.69, 9.17) is 0 Å². The number of benzene rings is 2. The van der Waals surface area contributed by atoms with Crippen LogP contribution >= 0.6 is 0 Å². The van der Waals surface area contributed by atoms with Gasteiger partial charge in [-0.3, -0.25) is 24.5 Å². The number of aromatic nitrogens is 3.